The first-order valence-electron chi connectivity index (χ1n) is 16.7. The Morgan fingerprint density at radius 3 is 1.15 bits per heavy atom. The number of aryl methyl sites for hydroxylation is 4. The molecule has 2 aromatic carbocycles. The van der Waals surface area contributed by atoms with E-state index in [9.17, 15) is 0 Å². The molecule has 0 unspecified atom stereocenters. The molecular formula is C38H54S2. The number of hydrogen-bond acceptors (Lipinski definition) is 2. The predicted molar refractivity (Wildman–Crippen MR) is 185 cm³/mol. The summed E-state index contributed by atoms with van der Waals surface area (Å²) in [6, 6.07) is 14.8. The van der Waals surface area contributed by atoms with Crippen molar-refractivity contribution in [3.8, 4) is 11.1 Å². The summed E-state index contributed by atoms with van der Waals surface area (Å²) < 4.78 is 2.91. The van der Waals surface area contributed by atoms with Crippen LogP contribution in [-0.2, 0) is 12.8 Å². The lowest BCUT2D eigenvalue weighted by Crippen LogP contribution is -1.87. The van der Waals surface area contributed by atoms with Crippen LogP contribution in [0.3, 0.4) is 0 Å². The number of thiophene rings is 2. The van der Waals surface area contributed by atoms with Crippen LogP contribution in [0, 0.1) is 13.8 Å². The van der Waals surface area contributed by atoms with Gasteiger partial charge in [-0.15, -0.1) is 22.7 Å². The molecule has 0 bridgehead atoms. The third-order valence-electron chi connectivity index (χ3n) is 8.67. The van der Waals surface area contributed by atoms with Crippen molar-refractivity contribution >= 4 is 42.8 Å². The molecule has 0 aliphatic carbocycles. The molecular weight excluding hydrogens is 521 g/mol. The first kappa shape index (κ1) is 31.3. The van der Waals surface area contributed by atoms with Crippen LogP contribution in [0.4, 0.5) is 0 Å². The minimum Gasteiger partial charge on any atom is -0.140 e. The third kappa shape index (κ3) is 9.18. The molecule has 4 aromatic rings. The van der Waals surface area contributed by atoms with E-state index in [1.54, 1.807) is 9.75 Å². The Balaban J connectivity index is 1.35. The highest BCUT2D eigenvalue weighted by molar-refractivity contribution is 7.19. The minimum absolute atomic E-state index is 1.24. The van der Waals surface area contributed by atoms with Crippen LogP contribution < -0.4 is 0 Å². The molecule has 0 aliphatic heterocycles. The summed E-state index contributed by atoms with van der Waals surface area (Å²) >= 11 is 4.04. The predicted octanol–water partition coefficient (Wildman–Crippen LogP) is 13.8. The van der Waals surface area contributed by atoms with Gasteiger partial charge in [0.15, 0.2) is 0 Å². The average Bonchev–Trinajstić information content (AvgIpc) is 3.53. The van der Waals surface area contributed by atoms with Crippen LogP contribution in [0.25, 0.3) is 31.3 Å². The molecule has 218 valence electrons. The molecule has 0 atom stereocenters. The summed E-state index contributed by atoms with van der Waals surface area (Å²) in [7, 11) is 0. The van der Waals surface area contributed by atoms with Gasteiger partial charge in [-0.2, -0.15) is 0 Å². The van der Waals surface area contributed by atoms with E-state index in [-0.39, 0.29) is 0 Å². The molecule has 2 heteroatoms. The van der Waals surface area contributed by atoms with Gasteiger partial charge in [-0.05, 0) is 109 Å². The molecule has 4 rings (SSSR count). The van der Waals surface area contributed by atoms with Gasteiger partial charge in [-0.1, -0.05) is 104 Å². The fourth-order valence-electron chi connectivity index (χ4n) is 6.18. The summed E-state index contributed by atoms with van der Waals surface area (Å²) in [5, 5.41) is 2.86. The normalized spacial score (nSPS) is 11.8. The zero-order chi connectivity index (χ0) is 28.2. The highest BCUT2D eigenvalue weighted by Crippen LogP contribution is 2.38. The van der Waals surface area contributed by atoms with Crippen molar-refractivity contribution in [1.29, 1.82) is 0 Å². The quantitative estimate of drug-likeness (QED) is 0.0977. The summed E-state index contributed by atoms with van der Waals surface area (Å²) in [4.78, 5) is 3.13. The molecule has 0 amide bonds. The van der Waals surface area contributed by atoms with Crippen molar-refractivity contribution in [3.05, 3.63) is 57.3 Å². The number of hydrogen-bond donors (Lipinski definition) is 0. The smallest absolute Gasteiger partial charge is 0.0348 e. The van der Waals surface area contributed by atoms with Gasteiger partial charge in [0.2, 0.25) is 0 Å². The second-order valence-electron chi connectivity index (χ2n) is 12.3. The van der Waals surface area contributed by atoms with Crippen molar-refractivity contribution in [3.63, 3.8) is 0 Å². The molecule has 2 heterocycles. The minimum atomic E-state index is 1.24. The summed E-state index contributed by atoms with van der Waals surface area (Å²) in [6.07, 6.45) is 24.8. The molecule has 0 N–H and O–H groups in total. The largest absolute Gasteiger partial charge is 0.140 e. The third-order valence-corrected chi connectivity index (χ3v) is 11.0. The van der Waals surface area contributed by atoms with Gasteiger partial charge in [0.05, 0.1) is 0 Å². The number of unbranched alkanes of at least 4 members (excludes halogenated alkanes) is 14. The summed E-state index contributed by atoms with van der Waals surface area (Å²) in [5.41, 5.74) is 5.65. The maximum Gasteiger partial charge on any atom is 0.0348 e. The highest BCUT2D eigenvalue weighted by atomic mass is 32.1. The maximum absolute atomic E-state index is 2.48. The monoisotopic (exact) mass is 574 g/mol. The van der Waals surface area contributed by atoms with E-state index in [0.717, 1.165) is 0 Å². The van der Waals surface area contributed by atoms with Crippen LogP contribution in [0.15, 0.2) is 36.4 Å². The van der Waals surface area contributed by atoms with Crippen LogP contribution in [0.1, 0.15) is 137 Å². The Kier molecular flexibility index (Phi) is 13.1. The van der Waals surface area contributed by atoms with E-state index < -0.39 is 0 Å². The van der Waals surface area contributed by atoms with Crippen molar-refractivity contribution in [2.45, 2.75) is 143 Å². The second kappa shape index (κ2) is 16.7. The molecule has 0 spiro atoms. The zero-order valence-corrected chi connectivity index (χ0v) is 27.6. The average molecular weight is 575 g/mol. The molecule has 0 saturated carbocycles. The fraction of sp³-hybridized carbons (Fsp3) is 0.579. The molecule has 0 aliphatic rings. The SMILES string of the molecule is CCCCCCCCCCc1cc2cc(-c3cc4cc(CCCCCCCCCC)sc4cc3C)c(C)cc2s1. The lowest BCUT2D eigenvalue weighted by atomic mass is 9.94. The Morgan fingerprint density at radius 2 is 0.775 bits per heavy atom. The van der Waals surface area contributed by atoms with Gasteiger partial charge in [0, 0.05) is 19.2 Å². The number of fused-ring (bicyclic) bond motifs is 2. The Hall–Kier alpha value is -1.64. The van der Waals surface area contributed by atoms with E-state index in [1.807, 2.05) is 22.7 Å². The molecule has 2 aromatic heterocycles. The van der Waals surface area contributed by atoms with Gasteiger partial charge in [-0.25, -0.2) is 0 Å². The van der Waals surface area contributed by atoms with Gasteiger partial charge in [0.1, 0.15) is 0 Å². The maximum atomic E-state index is 2.48. The Bertz CT molecular complexity index is 1200. The number of rotatable bonds is 19. The Morgan fingerprint density at radius 1 is 0.425 bits per heavy atom. The van der Waals surface area contributed by atoms with Crippen LogP contribution in [0.5, 0.6) is 0 Å². The first-order chi connectivity index (χ1) is 19.6. The van der Waals surface area contributed by atoms with E-state index in [4.69, 9.17) is 0 Å². The first-order valence-corrected chi connectivity index (χ1v) is 18.3. The molecule has 0 fully saturated rings. The van der Waals surface area contributed by atoms with E-state index in [2.05, 4.69) is 64.1 Å². The van der Waals surface area contributed by atoms with Gasteiger partial charge in [-0.3, -0.25) is 0 Å². The van der Waals surface area contributed by atoms with E-state index >= 15 is 0 Å². The second-order valence-corrected chi connectivity index (χ2v) is 14.6. The van der Waals surface area contributed by atoms with Gasteiger partial charge < -0.3 is 0 Å². The van der Waals surface area contributed by atoms with Crippen molar-refractivity contribution in [2.75, 3.05) is 0 Å². The van der Waals surface area contributed by atoms with Crippen LogP contribution in [0.2, 0.25) is 0 Å². The summed E-state index contributed by atoms with van der Waals surface area (Å²) in [6.45, 7) is 9.20. The highest BCUT2D eigenvalue weighted by Gasteiger charge is 2.12. The zero-order valence-electron chi connectivity index (χ0n) is 26.0. The van der Waals surface area contributed by atoms with E-state index in [0.29, 0.717) is 0 Å². The molecule has 40 heavy (non-hydrogen) atoms. The molecule has 0 nitrogen and oxygen atoms in total. The molecule has 0 saturated heterocycles. The lowest BCUT2D eigenvalue weighted by molar-refractivity contribution is 0.576. The standard InChI is InChI=1S/C38H54S2/c1-5-7-9-11-13-15-17-19-21-33-25-31-27-35(29(3)23-37(31)39-33)36-28-32-26-34(40-38(32)24-30(36)4)22-20-18-16-14-12-10-8-6-2/h23-28H,5-22H2,1-4H3. The van der Waals surface area contributed by atoms with Crippen LogP contribution >= 0.6 is 22.7 Å². The van der Waals surface area contributed by atoms with Crippen molar-refractivity contribution in [1.82, 2.24) is 0 Å². The molecule has 0 radical (unpaired) electrons. The topological polar surface area (TPSA) is 0 Å². The van der Waals surface area contributed by atoms with Gasteiger partial charge in [0.25, 0.3) is 0 Å². The van der Waals surface area contributed by atoms with Crippen molar-refractivity contribution < 1.29 is 0 Å². The van der Waals surface area contributed by atoms with Crippen LogP contribution in [-0.4, -0.2) is 0 Å². The fourth-order valence-corrected chi connectivity index (χ4v) is 8.55. The Labute approximate surface area is 253 Å². The summed E-state index contributed by atoms with van der Waals surface area (Å²) in [5.74, 6) is 0. The number of benzene rings is 2. The van der Waals surface area contributed by atoms with Crippen molar-refractivity contribution in [2.24, 2.45) is 0 Å². The lowest BCUT2D eigenvalue weighted by Gasteiger charge is -2.10. The van der Waals surface area contributed by atoms with Gasteiger partial charge >= 0.3 is 0 Å². The van der Waals surface area contributed by atoms with E-state index in [1.165, 1.54) is 158 Å².